The van der Waals surface area contributed by atoms with Gasteiger partial charge in [-0.2, -0.15) is 0 Å². The van der Waals surface area contributed by atoms with Gasteiger partial charge in [0, 0.05) is 0 Å². The van der Waals surface area contributed by atoms with Crippen LogP contribution in [0.15, 0.2) is 84.9 Å². The zero-order chi connectivity index (χ0) is 23.5. The first-order valence-electron chi connectivity index (χ1n) is 11.4. The average Bonchev–Trinajstić information content (AvgIpc) is 2.81. The highest BCUT2D eigenvalue weighted by Gasteiger charge is 2.49. The maximum absolute atomic E-state index is 13.3. The molecule has 0 radical (unpaired) electrons. The maximum atomic E-state index is 13.3. The van der Waals surface area contributed by atoms with Crippen molar-refractivity contribution >= 4 is 11.8 Å². The molecule has 1 fully saturated rings. The van der Waals surface area contributed by atoms with Crippen LogP contribution in [0.5, 0.6) is 5.75 Å². The summed E-state index contributed by atoms with van der Waals surface area (Å²) >= 11 is 0. The van der Waals surface area contributed by atoms with Crippen molar-refractivity contribution in [2.24, 2.45) is 0 Å². The Balaban J connectivity index is 1.61. The first-order valence-corrected chi connectivity index (χ1v) is 11.4. The fourth-order valence-electron chi connectivity index (χ4n) is 4.40. The van der Waals surface area contributed by atoms with Crippen LogP contribution in [0.2, 0.25) is 0 Å². The van der Waals surface area contributed by atoms with E-state index >= 15 is 0 Å². The molecule has 4 nitrogen and oxygen atoms in total. The van der Waals surface area contributed by atoms with Crippen molar-refractivity contribution in [3.05, 3.63) is 102 Å². The number of carbonyl (C=O) groups excluding carboxylic acids is 2. The van der Waals surface area contributed by atoms with Crippen LogP contribution in [0.3, 0.4) is 0 Å². The summed E-state index contributed by atoms with van der Waals surface area (Å²) in [6.07, 6.45) is 0.0261. The average molecular weight is 443 g/mol. The zero-order valence-electron chi connectivity index (χ0n) is 19.4. The number of ether oxygens (including phenoxy) is 2. The van der Waals surface area contributed by atoms with Gasteiger partial charge < -0.3 is 9.47 Å². The van der Waals surface area contributed by atoms with Gasteiger partial charge >= 0.3 is 5.97 Å². The molecule has 1 aliphatic rings. The molecule has 0 N–H and O–H groups in total. The maximum Gasteiger partial charge on any atom is 0.356 e. The number of hydrogen-bond donors (Lipinski definition) is 0. The molecule has 1 heterocycles. The second-order valence-electron chi connectivity index (χ2n) is 9.65. The molecular weight excluding hydrogens is 412 g/mol. The van der Waals surface area contributed by atoms with Crippen molar-refractivity contribution in [2.45, 2.75) is 57.2 Å². The van der Waals surface area contributed by atoms with E-state index in [0.29, 0.717) is 18.6 Å². The van der Waals surface area contributed by atoms with Gasteiger partial charge in [-0.3, -0.25) is 4.79 Å². The standard InChI is InChI=1S/C29H30O4/c1-28(2,3)23-16-10-11-17-25(23)32-26-24(30)20-29(33-27(26)31,22-14-8-5-9-15-22)19-18-21-12-6-4-7-13-21/h4-17,26H,18-20H2,1-3H3. The number of rotatable bonds is 6. The first-order chi connectivity index (χ1) is 15.8. The molecule has 0 bridgehead atoms. The van der Waals surface area contributed by atoms with Gasteiger partial charge in [0.1, 0.15) is 11.4 Å². The van der Waals surface area contributed by atoms with Gasteiger partial charge in [-0.15, -0.1) is 0 Å². The van der Waals surface area contributed by atoms with Crippen molar-refractivity contribution in [2.75, 3.05) is 0 Å². The van der Waals surface area contributed by atoms with Crippen molar-refractivity contribution in [3.63, 3.8) is 0 Å². The van der Waals surface area contributed by atoms with E-state index in [1.807, 2.05) is 78.9 Å². The third-order valence-corrected chi connectivity index (χ3v) is 6.16. The SMILES string of the molecule is CC(C)(C)c1ccccc1OC1C(=O)CC(CCc2ccccc2)(c2ccccc2)OC1=O. The van der Waals surface area contributed by atoms with E-state index in [0.717, 1.165) is 16.7 Å². The van der Waals surface area contributed by atoms with Crippen LogP contribution in [0.1, 0.15) is 50.3 Å². The van der Waals surface area contributed by atoms with Gasteiger partial charge in [-0.1, -0.05) is 99.6 Å². The van der Waals surface area contributed by atoms with Crippen molar-refractivity contribution in [1.82, 2.24) is 0 Å². The Bertz CT molecular complexity index is 1100. The Morgan fingerprint density at radius 2 is 1.48 bits per heavy atom. The Hall–Kier alpha value is -3.40. The minimum absolute atomic E-state index is 0.0813. The van der Waals surface area contributed by atoms with Gasteiger partial charge in [0.15, 0.2) is 5.78 Å². The molecule has 4 rings (SSSR count). The molecule has 0 aromatic heterocycles. The number of para-hydroxylation sites is 1. The quantitative estimate of drug-likeness (QED) is 0.359. The van der Waals surface area contributed by atoms with Crippen LogP contribution < -0.4 is 4.74 Å². The number of benzene rings is 3. The van der Waals surface area contributed by atoms with Gasteiger partial charge in [0.05, 0.1) is 6.42 Å². The summed E-state index contributed by atoms with van der Waals surface area (Å²) in [4.78, 5) is 26.5. The molecule has 0 amide bonds. The largest absolute Gasteiger partial charge is 0.470 e. The Morgan fingerprint density at radius 1 is 0.879 bits per heavy atom. The van der Waals surface area contributed by atoms with Gasteiger partial charge in [0.25, 0.3) is 6.10 Å². The van der Waals surface area contributed by atoms with Crippen LogP contribution in [0, 0.1) is 0 Å². The van der Waals surface area contributed by atoms with E-state index < -0.39 is 17.7 Å². The highest BCUT2D eigenvalue weighted by molar-refractivity contribution is 6.05. The summed E-state index contributed by atoms with van der Waals surface area (Å²) in [6.45, 7) is 6.21. The van der Waals surface area contributed by atoms with E-state index in [-0.39, 0.29) is 17.6 Å². The summed E-state index contributed by atoms with van der Waals surface area (Å²) in [5.74, 6) is -0.351. The van der Waals surface area contributed by atoms with E-state index in [4.69, 9.17) is 9.47 Å². The number of hydrogen-bond acceptors (Lipinski definition) is 4. The number of cyclic esters (lactones) is 1. The molecule has 2 unspecified atom stereocenters. The van der Waals surface area contributed by atoms with Crippen LogP contribution in [-0.4, -0.2) is 17.9 Å². The zero-order valence-corrected chi connectivity index (χ0v) is 19.4. The molecular formula is C29H30O4. The molecule has 1 aliphatic heterocycles. The van der Waals surface area contributed by atoms with Gasteiger partial charge in [-0.05, 0) is 41.0 Å². The van der Waals surface area contributed by atoms with Crippen LogP contribution in [0.25, 0.3) is 0 Å². The van der Waals surface area contributed by atoms with E-state index in [2.05, 4.69) is 20.8 Å². The predicted octanol–water partition coefficient (Wildman–Crippen LogP) is 5.78. The molecule has 170 valence electrons. The molecule has 0 aliphatic carbocycles. The lowest BCUT2D eigenvalue weighted by atomic mass is 9.80. The van der Waals surface area contributed by atoms with Gasteiger partial charge in [-0.25, -0.2) is 4.79 Å². The lowest BCUT2D eigenvalue weighted by Crippen LogP contribution is -2.51. The topological polar surface area (TPSA) is 52.6 Å². The summed E-state index contributed by atoms with van der Waals surface area (Å²) in [7, 11) is 0. The van der Waals surface area contributed by atoms with Crippen LogP contribution in [-0.2, 0) is 31.8 Å². The van der Waals surface area contributed by atoms with E-state index in [1.165, 1.54) is 0 Å². The van der Waals surface area contributed by atoms with Gasteiger partial charge in [0.2, 0.25) is 0 Å². The monoisotopic (exact) mass is 442 g/mol. The smallest absolute Gasteiger partial charge is 0.356 e. The summed E-state index contributed by atoms with van der Waals surface area (Å²) in [6, 6.07) is 27.1. The Kier molecular flexibility index (Phi) is 6.37. The fourth-order valence-corrected chi connectivity index (χ4v) is 4.40. The summed E-state index contributed by atoms with van der Waals surface area (Å²) in [5.41, 5.74) is 1.70. The highest BCUT2D eigenvalue weighted by atomic mass is 16.6. The number of ketones is 1. The molecule has 0 spiro atoms. The van der Waals surface area contributed by atoms with Crippen LogP contribution in [0.4, 0.5) is 0 Å². The molecule has 3 aromatic rings. The minimum atomic E-state index is -1.26. The second-order valence-corrected chi connectivity index (χ2v) is 9.65. The fraction of sp³-hybridized carbons (Fsp3) is 0.310. The highest BCUT2D eigenvalue weighted by Crippen LogP contribution is 2.40. The molecule has 4 heteroatoms. The predicted molar refractivity (Wildman–Crippen MR) is 128 cm³/mol. The van der Waals surface area contributed by atoms with Crippen LogP contribution >= 0.6 is 0 Å². The molecule has 0 saturated carbocycles. The molecule has 1 saturated heterocycles. The third kappa shape index (κ3) is 5.00. The molecule has 2 atom stereocenters. The normalized spacial score (nSPS) is 20.9. The van der Waals surface area contributed by atoms with E-state index in [9.17, 15) is 9.59 Å². The number of Topliss-reactive ketones (excluding diaryl/α,β-unsaturated/α-hetero) is 1. The molecule has 3 aromatic carbocycles. The number of aryl methyl sites for hydroxylation is 1. The summed E-state index contributed by atoms with van der Waals surface area (Å²) in [5, 5.41) is 0. The second kappa shape index (κ2) is 9.22. The first kappa shape index (κ1) is 22.8. The third-order valence-electron chi connectivity index (χ3n) is 6.16. The number of esters is 1. The van der Waals surface area contributed by atoms with Crippen molar-refractivity contribution < 1.29 is 19.1 Å². The lowest BCUT2D eigenvalue weighted by Gasteiger charge is -2.39. The van der Waals surface area contributed by atoms with E-state index in [1.54, 1.807) is 6.07 Å². The van der Waals surface area contributed by atoms with Crippen molar-refractivity contribution in [1.29, 1.82) is 0 Å². The molecule has 33 heavy (non-hydrogen) atoms. The summed E-state index contributed by atoms with van der Waals surface area (Å²) < 4.78 is 12.1. The number of carbonyl (C=O) groups is 2. The Morgan fingerprint density at radius 3 is 2.12 bits per heavy atom. The Labute approximate surface area is 195 Å². The minimum Gasteiger partial charge on any atom is -0.470 e. The lowest BCUT2D eigenvalue weighted by molar-refractivity contribution is -0.184. The van der Waals surface area contributed by atoms with Crippen molar-refractivity contribution in [3.8, 4) is 5.75 Å².